The van der Waals surface area contributed by atoms with Crippen molar-refractivity contribution >= 4 is 5.78 Å². The zero-order chi connectivity index (χ0) is 11.3. The fourth-order valence-corrected chi connectivity index (χ4v) is 1.31. The van der Waals surface area contributed by atoms with E-state index >= 15 is 0 Å². The zero-order valence-electron chi connectivity index (χ0n) is 9.60. The number of aromatic nitrogens is 1. The van der Waals surface area contributed by atoms with Gasteiger partial charge in [0.1, 0.15) is 5.78 Å². The number of rotatable bonds is 5. The van der Waals surface area contributed by atoms with Gasteiger partial charge in [-0.25, -0.2) is 0 Å². The topological polar surface area (TPSA) is 33.2 Å². The smallest absolute Gasteiger partial charge is 0.149 e. The van der Waals surface area contributed by atoms with Gasteiger partial charge in [0.05, 0.1) is 6.54 Å². The Bertz CT molecular complexity index is 309. The summed E-state index contributed by atoms with van der Waals surface area (Å²) in [5, 5.41) is 0. The maximum absolute atomic E-state index is 11.5. The second-order valence-electron chi connectivity index (χ2n) is 4.15. The van der Waals surface area contributed by atoms with E-state index in [4.69, 9.17) is 0 Å². The van der Waals surface area contributed by atoms with E-state index in [-0.39, 0.29) is 11.7 Å². The summed E-state index contributed by atoms with van der Waals surface area (Å²) in [7, 11) is 1.95. The molecule has 15 heavy (non-hydrogen) atoms. The van der Waals surface area contributed by atoms with Crippen LogP contribution in [-0.2, 0) is 11.3 Å². The number of hydrogen-bond acceptors (Lipinski definition) is 3. The van der Waals surface area contributed by atoms with E-state index in [2.05, 4.69) is 4.98 Å². The van der Waals surface area contributed by atoms with Crippen molar-refractivity contribution in [1.29, 1.82) is 0 Å². The molecule has 82 valence electrons. The number of carbonyl (C=O) groups is 1. The van der Waals surface area contributed by atoms with E-state index < -0.39 is 0 Å². The molecule has 0 aromatic carbocycles. The Morgan fingerprint density at radius 1 is 1.53 bits per heavy atom. The SMILES string of the molecule is CC(C)C(=O)CN(C)Cc1cccnc1. The summed E-state index contributed by atoms with van der Waals surface area (Å²) in [5.41, 5.74) is 1.14. The first-order chi connectivity index (χ1) is 7.09. The van der Waals surface area contributed by atoms with Crippen LogP contribution in [0.4, 0.5) is 0 Å². The Morgan fingerprint density at radius 3 is 2.80 bits per heavy atom. The van der Waals surface area contributed by atoms with E-state index in [1.165, 1.54) is 0 Å². The molecule has 0 unspecified atom stereocenters. The van der Waals surface area contributed by atoms with Crippen molar-refractivity contribution in [2.45, 2.75) is 20.4 Å². The van der Waals surface area contributed by atoms with Gasteiger partial charge >= 0.3 is 0 Å². The lowest BCUT2D eigenvalue weighted by Crippen LogP contribution is -2.28. The van der Waals surface area contributed by atoms with Gasteiger partial charge in [0.15, 0.2) is 0 Å². The van der Waals surface area contributed by atoms with E-state index in [0.717, 1.165) is 12.1 Å². The molecule has 0 amide bonds. The Kier molecular flexibility index (Phi) is 4.43. The first-order valence-corrected chi connectivity index (χ1v) is 5.19. The third kappa shape index (κ3) is 4.21. The van der Waals surface area contributed by atoms with Gasteiger partial charge in [-0.15, -0.1) is 0 Å². The molecule has 0 aliphatic carbocycles. The quantitative estimate of drug-likeness (QED) is 0.735. The Morgan fingerprint density at radius 2 is 2.27 bits per heavy atom. The second kappa shape index (κ2) is 5.61. The average molecular weight is 206 g/mol. The molecule has 0 aliphatic heterocycles. The van der Waals surface area contributed by atoms with Gasteiger partial charge in [0.2, 0.25) is 0 Å². The molecule has 3 heteroatoms. The standard InChI is InChI=1S/C12H18N2O/c1-10(2)12(15)9-14(3)8-11-5-4-6-13-7-11/h4-7,10H,8-9H2,1-3H3. The molecule has 1 aromatic rings. The van der Waals surface area contributed by atoms with Gasteiger partial charge in [-0.2, -0.15) is 0 Å². The van der Waals surface area contributed by atoms with Gasteiger partial charge < -0.3 is 0 Å². The van der Waals surface area contributed by atoms with Crippen LogP contribution >= 0.6 is 0 Å². The number of ketones is 1. The Balaban J connectivity index is 2.43. The predicted octanol–water partition coefficient (Wildman–Crippen LogP) is 1.74. The molecule has 0 saturated heterocycles. The lowest BCUT2D eigenvalue weighted by Gasteiger charge is -2.16. The van der Waals surface area contributed by atoms with Crippen LogP contribution in [0.5, 0.6) is 0 Å². The van der Waals surface area contributed by atoms with Crippen LogP contribution < -0.4 is 0 Å². The molecule has 0 radical (unpaired) electrons. The monoisotopic (exact) mass is 206 g/mol. The summed E-state index contributed by atoms with van der Waals surface area (Å²) in [6.07, 6.45) is 3.58. The van der Waals surface area contributed by atoms with Gasteiger partial charge in [-0.1, -0.05) is 19.9 Å². The fraction of sp³-hybridized carbons (Fsp3) is 0.500. The fourth-order valence-electron chi connectivity index (χ4n) is 1.31. The predicted molar refractivity (Wildman–Crippen MR) is 60.4 cm³/mol. The van der Waals surface area contributed by atoms with E-state index in [1.54, 1.807) is 6.20 Å². The number of nitrogens with zero attached hydrogens (tertiary/aromatic N) is 2. The minimum absolute atomic E-state index is 0.112. The Hall–Kier alpha value is -1.22. The summed E-state index contributed by atoms with van der Waals surface area (Å²) in [5.74, 6) is 0.391. The van der Waals surface area contributed by atoms with Crippen LogP contribution in [0.3, 0.4) is 0 Å². The van der Waals surface area contributed by atoms with Crippen molar-refractivity contribution in [2.75, 3.05) is 13.6 Å². The van der Waals surface area contributed by atoms with Crippen LogP contribution in [-0.4, -0.2) is 29.3 Å². The summed E-state index contributed by atoms with van der Waals surface area (Å²) in [6.45, 7) is 5.14. The highest BCUT2D eigenvalue weighted by atomic mass is 16.1. The molecule has 0 spiro atoms. The molecule has 0 saturated carbocycles. The molecule has 0 aliphatic rings. The van der Waals surface area contributed by atoms with Crippen LogP contribution in [0.25, 0.3) is 0 Å². The van der Waals surface area contributed by atoms with Crippen molar-refractivity contribution in [3.8, 4) is 0 Å². The van der Waals surface area contributed by atoms with Gasteiger partial charge in [0, 0.05) is 24.9 Å². The molecular formula is C12H18N2O. The maximum Gasteiger partial charge on any atom is 0.149 e. The van der Waals surface area contributed by atoms with E-state index in [9.17, 15) is 4.79 Å². The number of hydrogen-bond donors (Lipinski definition) is 0. The summed E-state index contributed by atoms with van der Waals surface area (Å²) in [4.78, 5) is 17.5. The lowest BCUT2D eigenvalue weighted by molar-refractivity contribution is -0.122. The molecule has 0 N–H and O–H groups in total. The van der Waals surface area contributed by atoms with E-state index in [0.29, 0.717) is 6.54 Å². The van der Waals surface area contributed by atoms with Gasteiger partial charge in [0.25, 0.3) is 0 Å². The largest absolute Gasteiger partial charge is 0.298 e. The van der Waals surface area contributed by atoms with Crippen LogP contribution in [0.15, 0.2) is 24.5 Å². The summed E-state index contributed by atoms with van der Waals surface area (Å²) < 4.78 is 0. The molecule has 3 nitrogen and oxygen atoms in total. The lowest BCUT2D eigenvalue weighted by atomic mass is 10.1. The van der Waals surface area contributed by atoms with Crippen molar-refractivity contribution in [3.63, 3.8) is 0 Å². The maximum atomic E-state index is 11.5. The normalized spacial score (nSPS) is 11.0. The van der Waals surface area contributed by atoms with Crippen molar-refractivity contribution in [1.82, 2.24) is 9.88 Å². The van der Waals surface area contributed by atoms with Gasteiger partial charge in [-0.3, -0.25) is 14.7 Å². The number of pyridine rings is 1. The van der Waals surface area contributed by atoms with Crippen molar-refractivity contribution < 1.29 is 4.79 Å². The highest BCUT2D eigenvalue weighted by Gasteiger charge is 2.10. The third-order valence-corrected chi connectivity index (χ3v) is 2.24. The third-order valence-electron chi connectivity index (χ3n) is 2.24. The molecule has 0 fully saturated rings. The van der Waals surface area contributed by atoms with Crippen LogP contribution in [0.2, 0.25) is 0 Å². The van der Waals surface area contributed by atoms with Crippen molar-refractivity contribution in [2.24, 2.45) is 5.92 Å². The Labute approximate surface area is 91.1 Å². The van der Waals surface area contributed by atoms with E-state index in [1.807, 2.05) is 44.1 Å². The zero-order valence-corrected chi connectivity index (χ0v) is 9.60. The van der Waals surface area contributed by atoms with Crippen molar-refractivity contribution in [3.05, 3.63) is 30.1 Å². The summed E-state index contributed by atoms with van der Waals surface area (Å²) >= 11 is 0. The minimum Gasteiger partial charge on any atom is -0.298 e. The minimum atomic E-state index is 0.112. The van der Waals surface area contributed by atoms with Gasteiger partial charge in [-0.05, 0) is 18.7 Å². The molecule has 1 rings (SSSR count). The first kappa shape index (κ1) is 11.9. The molecule has 1 heterocycles. The molecule has 0 atom stereocenters. The van der Waals surface area contributed by atoms with Crippen LogP contribution in [0, 0.1) is 5.92 Å². The first-order valence-electron chi connectivity index (χ1n) is 5.19. The average Bonchev–Trinajstić information content (AvgIpc) is 2.18. The number of Topliss-reactive ketones (excluding diaryl/α,β-unsaturated/α-hetero) is 1. The second-order valence-corrected chi connectivity index (χ2v) is 4.15. The highest BCUT2D eigenvalue weighted by molar-refractivity contribution is 5.82. The highest BCUT2D eigenvalue weighted by Crippen LogP contribution is 2.02. The summed E-state index contributed by atoms with van der Waals surface area (Å²) in [6, 6.07) is 3.93. The molecule has 0 bridgehead atoms. The number of likely N-dealkylation sites (N-methyl/N-ethyl adjacent to an activating group) is 1. The van der Waals surface area contributed by atoms with Crippen LogP contribution in [0.1, 0.15) is 19.4 Å². The molecular weight excluding hydrogens is 188 g/mol. The molecule has 1 aromatic heterocycles. The number of carbonyl (C=O) groups excluding carboxylic acids is 1.